The van der Waals surface area contributed by atoms with Crippen LogP contribution < -0.4 is 10.2 Å². The van der Waals surface area contributed by atoms with Gasteiger partial charge in [0, 0.05) is 43.4 Å². The largest absolute Gasteiger partial charge is 0.369 e. The lowest BCUT2D eigenvalue weighted by Crippen LogP contribution is -2.50. The van der Waals surface area contributed by atoms with E-state index < -0.39 is 0 Å². The Morgan fingerprint density at radius 1 is 1.08 bits per heavy atom. The van der Waals surface area contributed by atoms with E-state index in [1.54, 1.807) is 10.7 Å². The molecule has 1 N–H and O–H groups in total. The molecule has 9 nitrogen and oxygen atoms in total. The quantitative estimate of drug-likeness (QED) is 0.594. The Labute approximate surface area is 149 Å². The highest BCUT2D eigenvalue weighted by Gasteiger charge is 2.28. The number of rotatable bonds is 4. The molecule has 9 heteroatoms. The van der Waals surface area contributed by atoms with Gasteiger partial charge in [-0.05, 0) is 26.0 Å². The molecule has 1 fully saturated rings. The highest BCUT2D eigenvalue weighted by molar-refractivity contribution is 5.50. The zero-order valence-electron chi connectivity index (χ0n) is 14.7. The first-order valence-electron chi connectivity index (χ1n) is 8.67. The molecule has 0 spiro atoms. The molecule has 0 unspecified atom stereocenters. The number of aryl methyl sites for hydroxylation is 2. The van der Waals surface area contributed by atoms with Gasteiger partial charge in [-0.3, -0.25) is 0 Å². The van der Waals surface area contributed by atoms with Crippen molar-refractivity contribution in [2.45, 2.75) is 13.8 Å². The number of nitrogens with one attached hydrogen (secondary N) is 1. The van der Waals surface area contributed by atoms with Crippen LogP contribution in [0.15, 0.2) is 30.5 Å². The zero-order valence-corrected chi connectivity index (χ0v) is 14.7. The number of anilines is 2. The summed E-state index contributed by atoms with van der Waals surface area (Å²) in [7, 11) is 0. The van der Waals surface area contributed by atoms with Crippen molar-refractivity contribution in [3.63, 3.8) is 0 Å². The molecule has 0 saturated carbocycles. The fourth-order valence-corrected chi connectivity index (χ4v) is 3.35. The second kappa shape index (κ2) is 5.65. The van der Waals surface area contributed by atoms with Crippen LogP contribution in [0.3, 0.4) is 0 Å². The zero-order chi connectivity index (χ0) is 17.7. The van der Waals surface area contributed by atoms with Crippen molar-refractivity contribution in [3.8, 4) is 0 Å². The lowest BCUT2D eigenvalue weighted by atomic mass is 10.0. The predicted octanol–water partition coefficient (Wildman–Crippen LogP) is 1.33. The number of fused-ring (bicyclic) bond motifs is 2. The van der Waals surface area contributed by atoms with Gasteiger partial charge in [0.15, 0.2) is 17.1 Å². The molecule has 0 atom stereocenters. The molecule has 0 aromatic carbocycles. The smallest absolute Gasteiger partial charge is 0.178 e. The fourth-order valence-electron chi connectivity index (χ4n) is 3.35. The summed E-state index contributed by atoms with van der Waals surface area (Å²) in [6.07, 6.45) is 1.77. The Bertz CT molecular complexity index is 1090. The summed E-state index contributed by atoms with van der Waals surface area (Å²) in [6, 6.07) is 7.91. The SMILES string of the molecule is Cc1cc(NCC2CN(c3ccc4nnc(C)n4n3)C2)n2nccc2n1. The second-order valence-electron chi connectivity index (χ2n) is 6.74. The first-order chi connectivity index (χ1) is 12.7. The molecule has 1 aliphatic rings. The minimum absolute atomic E-state index is 0.564. The lowest BCUT2D eigenvalue weighted by Gasteiger charge is -2.40. The highest BCUT2D eigenvalue weighted by atomic mass is 15.4. The normalized spacial score (nSPS) is 14.9. The number of hydrogen-bond acceptors (Lipinski definition) is 7. The van der Waals surface area contributed by atoms with Gasteiger partial charge in [-0.15, -0.1) is 15.3 Å². The number of aromatic nitrogens is 7. The van der Waals surface area contributed by atoms with Crippen LogP contribution >= 0.6 is 0 Å². The van der Waals surface area contributed by atoms with Gasteiger partial charge in [0.05, 0.1) is 6.20 Å². The Hall–Kier alpha value is -3.23. The number of hydrogen-bond donors (Lipinski definition) is 1. The molecule has 0 radical (unpaired) electrons. The molecular formula is C17H19N9. The molecule has 26 heavy (non-hydrogen) atoms. The maximum Gasteiger partial charge on any atom is 0.178 e. The van der Waals surface area contributed by atoms with E-state index in [2.05, 4.69) is 35.6 Å². The summed E-state index contributed by atoms with van der Waals surface area (Å²) >= 11 is 0. The summed E-state index contributed by atoms with van der Waals surface area (Å²) in [5.41, 5.74) is 2.63. The third kappa shape index (κ3) is 2.43. The van der Waals surface area contributed by atoms with Crippen molar-refractivity contribution >= 4 is 22.9 Å². The van der Waals surface area contributed by atoms with E-state index in [4.69, 9.17) is 0 Å². The minimum atomic E-state index is 0.564. The molecule has 1 aliphatic heterocycles. The monoisotopic (exact) mass is 349 g/mol. The average Bonchev–Trinajstić information content (AvgIpc) is 3.20. The first-order valence-corrected chi connectivity index (χ1v) is 8.67. The van der Waals surface area contributed by atoms with Gasteiger partial charge in [0.2, 0.25) is 0 Å². The van der Waals surface area contributed by atoms with Crippen LogP contribution in [0, 0.1) is 19.8 Å². The molecule has 0 bridgehead atoms. The Balaban J connectivity index is 1.25. The molecule has 5 rings (SSSR count). The van der Waals surface area contributed by atoms with Crippen LogP contribution in [-0.4, -0.2) is 54.0 Å². The van der Waals surface area contributed by atoms with Gasteiger partial charge in [-0.25, -0.2) is 4.98 Å². The van der Waals surface area contributed by atoms with Gasteiger partial charge in [-0.1, -0.05) is 0 Å². The van der Waals surface area contributed by atoms with Crippen molar-refractivity contribution in [1.82, 2.24) is 34.4 Å². The van der Waals surface area contributed by atoms with E-state index in [9.17, 15) is 0 Å². The minimum Gasteiger partial charge on any atom is -0.369 e. The molecule has 5 heterocycles. The molecule has 1 saturated heterocycles. The van der Waals surface area contributed by atoms with Gasteiger partial charge < -0.3 is 10.2 Å². The highest BCUT2D eigenvalue weighted by Crippen LogP contribution is 2.23. The lowest BCUT2D eigenvalue weighted by molar-refractivity contribution is 0.424. The van der Waals surface area contributed by atoms with E-state index in [0.29, 0.717) is 5.92 Å². The maximum atomic E-state index is 4.63. The molecule has 4 aromatic rings. The Kier molecular flexibility index (Phi) is 3.27. The number of nitrogens with zero attached hydrogens (tertiary/aromatic N) is 8. The summed E-state index contributed by atoms with van der Waals surface area (Å²) < 4.78 is 3.63. The summed E-state index contributed by atoms with van der Waals surface area (Å²) in [5, 5.41) is 20.6. The van der Waals surface area contributed by atoms with E-state index >= 15 is 0 Å². The molecule has 132 valence electrons. The van der Waals surface area contributed by atoms with E-state index in [0.717, 1.165) is 54.1 Å². The summed E-state index contributed by atoms with van der Waals surface area (Å²) in [5.74, 6) is 3.31. The predicted molar refractivity (Wildman–Crippen MR) is 97.4 cm³/mol. The van der Waals surface area contributed by atoms with Crippen LogP contribution in [0.5, 0.6) is 0 Å². The standard InChI is InChI=1S/C17H19N9/c1-11-7-17(26-14(20-11)5-6-19-26)18-8-13-9-24(10-13)16-4-3-15-22-21-12(2)25(15)23-16/h3-7,13,18H,8-10H2,1-2H3. The first kappa shape index (κ1) is 15.1. The van der Waals surface area contributed by atoms with Crippen LogP contribution in [0.25, 0.3) is 11.3 Å². The van der Waals surface area contributed by atoms with Crippen molar-refractivity contribution in [2.24, 2.45) is 5.92 Å². The molecule has 0 amide bonds. The van der Waals surface area contributed by atoms with E-state index in [1.165, 1.54) is 0 Å². The fraction of sp³-hybridized carbons (Fsp3) is 0.353. The average molecular weight is 349 g/mol. The van der Waals surface area contributed by atoms with Crippen molar-refractivity contribution in [1.29, 1.82) is 0 Å². The Morgan fingerprint density at radius 3 is 2.85 bits per heavy atom. The maximum absolute atomic E-state index is 4.63. The topological polar surface area (TPSA) is 88.5 Å². The van der Waals surface area contributed by atoms with Crippen molar-refractivity contribution in [3.05, 3.63) is 42.0 Å². The van der Waals surface area contributed by atoms with Crippen molar-refractivity contribution in [2.75, 3.05) is 29.9 Å². The van der Waals surface area contributed by atoms with Gasteiger partial charge in [0.1, 0.15) is 11.6 Å². The van der Waals surface area contributed by atoms with Crippen LogP contribution in [0.2, 0.25) is 0 Å². The van der Waals surface area contributed by atoms with Crippen LogP contribution in [0.1, 0.15) is 11.5 Å². The second-order valence-corrected chi connectivity index (χ2v) is 6.74. The molecular weight excluding hydrogens is 330 g/mol. The Morgan fingerprint density at radius 2 is 1.96 bits per heavy atom. The molecule has 0 aliphatic carbocycles. The van der Waals surface area contributed by atoms with Gasteiger partial charge in [-0.2, -0.15) is 14.1 Å². The summed E-state index contributed by atoms with van der Waals surface area (Å²) in [4.78, 5) is 6.74. The van der Waals surface area contributed by atoms with Crippen LogP contribution in [0.4, 0.5) is 11.6 Å². The van der Waals surface area contributed by atoms with Gasteiger partial charge >= 0.3 is 0 Å². The van der Waals surface area contributed by atoms with Crippen molar-refractivity contribution < 1.29 is 0 Å². The summed E-state index contributed by atoms with van der Waals surface area (Å²) in [6.45, 7) is 6.74. The van der Waals surface area contributed by atoms with E-state index in [-0.39, 0.29) is 0 Å². The van der Waals surface area contributed by atoms with E-state index in [1.807, 2.05) is 42.6 Å². The van der Waals surface area contributed by atoms with Gasteiger partial charge in [0.25, 0.3) is 0 Å². The molecule has 4 aromatic heterocycles. The third-order valence-corrected chi connectivity index (χ3v) is 4.75. The van der Waals surface area contributed by atoms with Crippen LogP contribution in [-0.2, 0) is 0 Å². The third-order valence-electron chi connectivity index (χ3n) is 4.75.